The first-order valence-corrected chi connectivity index (χ1v) is 15.2. The molecule has 4 aromatic rings. The molecule has 3 aromatic heterocycles. The molecule has 0 spiro atoms. The van der Waals surface area contributed by atoms with E-state index < -0.39 is 12.1 Å². The van der Waals surface area contributed by atoms with Crippen LogP contribution in [0.1, 0.15) is 11.3 Å². The van der Waals surface area contributed by atoms with Gasteiger partial charge in [-0.1, -0.05) is 29.5 Å². The van der Waals surface area contributed by atoms with Crippen LogP contribution >= 0.6 is 22.9 Å². The molecule has 2 aliphatic heterocycles. The Bertz CT molecular complexity index is 1780. The Labute approximate surface area is 274 Å². The number of thiophene rings is 1. The monoisotopic (exact) mass is 690 g/mol. The van der Waals surface area contributed by atoms with Gasteiger partial charge in [-0.2, -0.15) is 13.2 Å². The Hall–Kier alpha value is -4.69. The third kappa shape index (κ3) is 9.42. The van der Waals surface area contributed by atoms with Gasteiger partial charge < -0.3 is 29.5 Å². The van der Waals surface area contributed by atoms with Crippen LogP contribution in [0.3, 0.4) is 0 Å². The van der Waals surface area contributed by atoms with Crippen LogP contribution in [-0.4, -0.2) is 88.2 Å². The highest BCUT2D eigenvalue weighted by atomic mass is 35.5. The van der Waals surface area contributed by atoms with Gasteiger partial charge in [0.15, 0.2) is 0 Å². The van der Waals surface area contributed by atoms with Crippen molar-refractivity contribution in [3.05, 3.63) is 64.9 Å². The molecule has 246 valence electrons. The lowest BCUT2D eigenvalue weighted by Crippen LogP contribution is -2.42. The summed E-state index contributed by atoms with van der Waals surface area (Å²) >= 11 is 7.96. The number of carboxylic acids is 1. The SMILES string of the molecule is O=C(O)C(F)(F)F.O=C(O[C@@H]1CN[C@H](C#Cc2cc3c(Nc4ccc(Oc5ccccn5)c(Cl)c4)ncnc3s2)C1)N1CCOCC1. The smallest absolute Gasteiger partial charge is 0.475 e. The van der Waals surface area contributed by atoms with Crippen molar-refractivity contribution in [3.63, 3.8) is 0 Å². The molecule has 3 N–H and O–H groups in total. The number of carboxylic acid groups (broad SMARTS) is 1. The number of pyridine rings is 1. The summed E-state index contributed by atoms with van der Waals surface area (Å²) in [4.78, 5) is 37.6. The molecular formula is C30H26ClF3N6O6S. The van der Waals surface area contributed by atoms with Gasteiger partial charge in [-0.25, -0.2) is 24.5 Å². The fraction of sp³-hybridized carbons (Fsp3) is 0.300. The van der Waals surface area contributed by atoms with Gasteiger partial charge in [0.05, 0.1) is 34.5 Å². The maximum atomic E-state index is 12.4. The minimum Gasteiger partial charge on any atom is -0.475 e. The number of benzene rings is 1. The minimum absolute atomic E-state index is 0.0645. The number of halogens is 4. The van der Waals surface area contributed by atoms with Crippen molar-refractivity contribution in [1.82, 2.24) is 25.2 Å². The Morgan fingerprint density at radius 2 is 1.94 bits per heavy atom. The van der Waals surface area contributed by atoms with Crippen LogP contribution in [0.4, 0.5) is 29.5 Å². The predicted molar refractivity (Wildman–Crippen MR) is 166 cm³/mol. The van der Waals surface area contributed by atoms with Crippen LogP contribution in [0.25, 0.3) is 10.2 Å². The van der Waals surface area contributed by atoms with Gasteiger partial charge in [0.2, 0.25) is 5.88 Å². The summed E-state index contributed by atoms with van der Waals surface area (Å²) in [5, 5.41) is 15.1. The molecule has 5 heterocycles. The second-order valence-corrected chi connectivity index (χ2v) is 11.4. The number of ether oxygens (including phenoxy) is 3. The molecule has 0 radical (unpaired) electrons. The molecule has 0 saturated carbocycles. The molecule has 2 saturated heterocycles. The Morgan fingerprint density at radius 3 is 2.64 bits per heavy atom. The molecule has 0 unspecified atom stereocenters. The zero-order chi connectivity index (χ0) is 33.4. The topological polar surface area (TPSA) is 148 Å². The third-order valence-corrected chi connectivity index (χ3v) is 7.87. The third-order valence-electron chi connectivity index (χ3n) is 6.62. The quantitative estimate of drug-likeness (QED) is 0.229. The van der Waals surface area contributed by atoms with Crippen molar-refractivity contribution < 1.29 is 42.1 Å². The Balaban J connectivity index is 0.000000559. The van der Waals surface area contributed by atoms with E-state index in [1.165, 1.54) is 17.7 Å². The van der Waals surface area contributed by atoms with Crippen molar-refractivity contribution in [2.45, 2.75) is 24.7 Å². The van der Waals surface area contributed by atoms with E-state index in [9.17, 15) is 18.0 Å². The van der Waals surface area contributed by atoms with Crippen molar-refractivity contribution in [2.24, 2.45) is 0 Å². The summed E-state index contributed by atoms with van der Waals surface area (Å²) in [5.41, 5.74) is 0.755. The number of amides is 1. The number of hydrogen-bond acceptors (Lipinski definition) is 11. The number of aliphatic carboxylic acids is 1. The number of carbonyl (C=O) groups excluding carboxylic acids is 1. The average molecular weight is 691 g/mol. The summed E-state index contributed by atoms with van der Waals surface area (Å²) in [5.74, 6) is 5.37. The van der Waals surface area contributed by atoms with Gasteiger partial charge in [-0.15, -0.1) is 11.3 Å². The predicted octanol–water partition coefficient (Wildman–Crippen LogP) is 5.46. The molecule has 6 rings (SSSR count). The first-order chi connectivity index (χ1) is 22.5. The first kappa shape index (κ1) is 33.7. The maximum absolute atomic E-state index is 12.4. The molecule has 12 nitrogen and oxygen atoms in total. The Kier molecular flexibility index (Phi) is 10.9. The van der Waals surface area contributed by atoms with Crippen LogP contribution in [0.2, 0.25) is 5.02 Å². The van der Waals surface area contributed by atoms with Gasteiger partial charge in [0.25, 0.3) is 0 Å². The van der Waals surface area contributed by atoms with Gasteiger partial charge in [0, 0.05) is 44.0 Å². The van der Waals surface area contributed by atoms with E-state index in [-0.39, 0.29) is 18.2 Å². The number of nitrogens with zero attached hydrogens (tertiary/aromatic N) is 4. The second-order valence-electron chi connectivity index (χ2n) is 9.97. The van der Waals surface area contributed by atoms with Crippen molar-refractivity contribution >= 4 is 56.7 Å². The molecule has 0 aliphatic carbocycles. The molecule has 17 heteroatoms. The summed E-state index contributed by atoms with van der Waals surface area (Å²) in [6.07, 6.45) is -1.76. The fourth-order valence-corrected chi connectivity index (χ4v) is 5.44. The lowest BCUT2D eigenvalue weighted by atomic mass is 10.2. The number of hydrogen-bond donors (Lipinski definition) is 3. The second kappa shape index (κ2) is 15.3. The van der Waals surface area contributed by atoms with E-state index >= 15 is 0 Å². The first-order valence-electron chi connectivity index (χ1n) is 14.0. The van der Waals surface area contributed by atoms with E-state index in [4.69, 9.17) is 35.7 Å². The van der Waals surface area contributed by atoms with Crippen LogP contribution in [0, 0.1) is 11.8 Å². The van der Waals surface area contributed by atoms with Crippen molar-refractivity contribution in [3.8, 4) is 23.5 Å². The molecule has 0 bridgehead atoms. The summed E-state index contributed by atoms with van der Waals surface area (Å²) in [6, 6.07) is 12.7. The summed E-state index contributed by atoms with van der Waals surface area (Å²) < 4.78 is 48.4. The highest BCUT2D eigenvalue weighted by molar-refractivity contribution is 7.19. The number of carbonyl (C=O) groups is 2. The van der Waals surface area contributed by atoms with E-state index in [2.05, 4.69) is 37.4 Å². The number of aromatic nitrogens is 3. The average Bonchev–Trinajstić information content (AvgIpc) is 3.69. The Morgan fingerprint density at radius 1 is 1.15 bits per heavy atom. The number of morpholine rings is 1. The normalized spacial score (nSPS) is 17.6. The van der Waals surface area contributed by atoms with E-state index in [1.54, 1.807) is 29.3 Å². The van der Waals surface area contributed by atoms with Crippen LogP contribution in [0.5, 0.6) is 11.6 Å². The van der Waals surface area contributed by atoms with Gasteiger partial charge in [-0.05, 0) is 30.3 Å². The van der Waals surface area contributed by atoms with E-state index in [1.807, 2.05) is 24.3 Å². The maximum Gasteiger partial charge on any atom is 0.490 e. The molecule has 1 amide bonds. The van der Waals surface area contributed by atoms with Crippen molar-refractivity contribution in [1.29, 1.82) is 0 Å². The molecule has 2 aliphatic rings. The lowest BCUT2D eigenvalue weighted by Gasteiger charge is -2.27. The van der Waals surface area contributed by atoms with Crippen LogP contribution < -0.4 is 15.4 Å². The molecule has 2 fully saturated rings. The standard InChI is InChI=1S/C28H25ClN6O4S.C2HF3O2/c29-23-14-19(5-7-24(23)39-25-3-1-2-8-30-25)34-26-22-15-21(40-27(22)33-17-32-26)6-4-18-13-20(16-31-18)38-28(36)35-9-11-37-12-10-35;3-2(4,5)1(6)7/h1-3,5,7-8,14-15,17-18,20,31H,9-13,16H2,(H,32,33,34);(H,6,7)/t18-,20+;/m1./s1. The molecule has 2 atom stereocenters. The minimum atomic E-state index is -5.08. The lowest BCUT2D eigenvalue weighted by molar-refractivity contribution is -0.192. The zero-order valence-corrected chi connectivity index (χ0v) is 25.9. The molecule has 1 aromatic carbocycles. The molecular weight excluding hydrogens is 665 g/mol. The van der Waals surface area contributed by atoms with E-state index in [0.717, 1.165) is 20.8 Å². The zero-order valence-electron chi connectivity index (χ0n) is 24.3. The van der Waals surface area contributed by atoms with Gasteiger partial charge >= 0.3 is 18.2 Å². The number of nitrogens with one attached hydrogen (secondary N) is 2. The van der Waals surface area contributed by atoms with Gasteiger partial charge in [0.1, 0.15) is 28.8 Å². The number of anilines is 2. The highest BCUT2D eigenvalue weighted by Gasteiger charge is 2.38. The molecule has 47 heavy (non-hydrogen) atoms. The number of rotatable bonds is 5. The highest BCUT2D eigenvalue weighted by Crippen LogP contribution is 2.34. The number of fused-ring (bicyclic) bond motifs is 1. The van der Waals surface area contributed by atoms with E-state index in [0.29, 0.717) is 61.7 Å². The number of alkyl halides is 3. The van der Waals surface area contributed by atoms with Crippen molar-refractivity contribution in [2.75, 3.05) is 38.2 Å². The largest absolute Gasteiger partial charge is 0.490 e. The van der Waals surface area contributed by atoms with Crippen LogP contribution in [-0.2, 0) is 14.3 Å². The summed E-state index contributed by atoms with van der Waals surface area (Å²) in [7, 11) is 0. The van der Waals surface area contributed by atoms with Crippen LogP contribution in [0.15, 0.2) is 55.0 Å². The summed E-state index contributed by atoms with van der Waals surface area (Å²) in [6.45, 7) is 2.80. The van der Waals surface area contributed by atoms with Gasteiger partial charge in [-0.3, -0.25) is 5.32 Å². The fourth-order valence-electron chi connectivity index (χ4n) is 4.36.